The van der Waals surface area contributed by atoms with Crippen LogP contribution in [0.25, 0.3) is 23.3 Å². The first-order chi connectivity index (χ1) is 11.0. The smallest absolute Gasteiger partial charge is 0.273 e. The molecule has 0 atom stereocenters. The van der Waals surface area contributed by atoms with Crippen molar-refractivity contribution in [1.82, 2.24) is 4.98 Å². The van der Waals surface area contributed by atoms with Gasteiger partial charge in [0.15, 0.2) is 5.58 Å². The summed E-state index contributed by atoms with van der Waals surface area (Å²) in [7, 11) is 3.98. The number of fused-ring (bicyclic) bond motifs is 1. The van der Waals surface area contributed by atoms with Crippen molar-refractivity contribution in [1.29, 1.82) is 0 Å². The Bertz CT molecular complexity index is 880. The molecule has 23 heavy (non-hydrogen) atoms. The molecule has 6 nitrogen and oxygen atoms in total. The van der Waals surface area contributed by atoms with Gasteiger partial charge in [-0.05, 0) is 29.8 Å². The SMILES string of the molecule is CN(C)c1ccc(C=Cc2nc3ccc([N+](=O)[O-])cc3o2)cc1. The molecule has 2 aromatic carbocycles. The predicted molar refractivity (Wildman–Crippen MR) is 90.4 cm³/mol. The van der Waals surface area contributed by atoms with Crippen molar-refractivity contribution in [2.45, 2.75) is 0 Å². The zero-order valence-corrected chi connectivity index (χ0v) is 12.8. The summed E-state index contributed by atoms with van der Waals surface area (Å²) in [4.78, 5) is 16.6. The summed E-state index contributed by atoms with van der Waals surface area (Å²) in [5.74, 6) is 0.414. The fourth-order valence-corrected chi connectivity index (χ4v) is 2.17. The van der Waals surface area contributed by atoms with E-state index in [9.17, 15) is 10.1 Å². The Labute approximate surface area is 132 Å². The number of hydrogen-bond donors (Lipinski definition) is 0. The highest BCUT2D eigenvalue weighted by Crippen LogP contribution is 2.22. The van der Waals surface area contributed by atoms with Crippen LogP contribution in [-0.2, 0) is 0 Å². The van der Waals surface area contributed by atoms with E-state index in [-0.39, 0.29) is 5.69 Å². The van der Waals surface area contributed by atoms with E-state index in [0.717, 1.165) is 11.3 Å². The average molecular weight is 309 g/mol. The zero-order valence-electron chi connectivity index (χ0n) is 12.8. The van der Waals surface area contributed by atoms with Crippen LogP contribution in [0.15, 0.2) is 46.9 Å². The number of benzene rings is 2. The van der Waals surface area contributed by atoms with E-state index < -0.39 is 4.92 Å². The van der Waals surface area contributed by atoms with Gasteiger partial charge in [-0.25, -0.2) is 4.98 Å². The van der Waals surface area contributed by atoms with Gasteiger partial charge in [0.05, 0.1) is 11.0 Å². The highest BCUT2D eigenvalue weighted by molar-refractivity contribution is 5.78. The number of oxazole rings is 1. The molecule has 0 N–H and O–H groups in total. The lowest BCUT2D eigenvalue weighted by Crippen LogP contribution is -2.07. The van der Waals surface area contributed by atoms with Crippen LogP contribution in [0.5, 0.6) is 0 Å². The van der Waals surface area contributed by atoms with E-state index in [1.165, 1.54) is 12.1 Å². The first-order valence-corrected chi connectivity index (χ1v) is 7.03. The number of nitro benzene ring substituents is 1. The van der Waals surface area contributed by atoms with E-state index in [1.807, 2.05) is 49.3 Å². The molecule has 0 saturated carbocycles. The number of hydrogen-bond acceptors (Lipinski definition) is 5. The van der Waals surface area contributed by atoms with Crippen LogP contribution in [0.2, 0.25) is 0 Å². The standard InChI is InChI=1S/C17H15N3O3/c1-19(2)13-6-3-12(4-7-13)5-10-17-18-15-9-8-14(20(21)22)11-16(15)23-17/h3-11H,1-2H3. The fraction of sp³-hybridized carbons (Fsp3) is 0.118. The van der Waals surface area contributed by atoms with E-state index in [4.69, 9.17) is 4.42 Å². The van der Waals surface area contributed by atoms with Crippen molar-refractivity contribution in [3.05, 3.63) is 64.0 Å². The van der Waals surface area contributed by atoms with Crippen molar-refractivity contribution in [2.75, 3.05) is 19.0 Å². The maximum Gasteiger partial charge on any atom is 0.273 e. The second-order valence-corrected chi connectivity index (χ2v) is 5.28. The molecule has 0 unspecified atom stereocenters. The molecule has 0 fully saturated rings. The molecule has 0 aliphatic heterocycles. The van der Waals surface area contributed by atoms with E-state index in [2.05, 4.69) is 4.98 Å². The lowest BCUT2D eigenvalue weighted by atomic mass is 10.2. The first kappa shape index (κ1) is 14.8. The topological polar surface area (TPSA) is 72.4 Å². The number of nitrogens with zero attached hydrogens (tertiary/aromatic N) is 3. The quantitative estimate of drug-likeness (QED) is 0.538. The molecule has 116 valence electrons. The van der Waals surface area contributed by atoms with Crippen LogP contribution < -0.4 is 4.90 Å². The molecule has 3 aromatic rings. The van der Waals surface area contributed by atoms with Gasteiger partial charge in [0.2, 0.25) is 5.89 Å². The average Bonchev–Trinajstić information content (AvgIpc) is 2.95. The van der Waals surface area contributed by atoms with E-state index in [0.29, 0.717) is 17.0 Å². The maximum atomic E-state index is 10.8. The van der Waals surface area contributed by atoms with Crippen LogP contribution >= 0.6 is 0 Å². The van der Waals surface area contributed by atoms with Crippen LogP contribution in [-0.4, -0.2) is 24.0 Å². The lowest BCUT2D eigenvalue weighted by molar-refractivity contribution is -0.384. The summed E-state index contributed by atoms with van der Waals surface area (Å²) < 4.78 is 5.53. The molecule has 0 aliphatic carbocycles. The second kappa shape index (κ2) is 5.92. The van der Waals surface area contributed by atoms with Gasteiger partial charge >= 0.3 is 0 Å². The van der Waals surface area contributed by atoms with Crippen molar-refractivity contribution in [3.63, 3.8) is 0 Å². The number of anilines is 1. The summed E-state index contributed by atoms with van der Waals surface area (Å²) in [6.45, 7) is 0. The molecule has 1 aromatic heterocycles. The Balaban J connectivity index is 1.84. The third-order valence-corrected chi connectivity index (χ3v) is 3.43. The highest BCUT2D eigenvalue weighted by atomic mass is 16.6. The van der Waals surface area contributed by atoms with Gasteiger partial charge in [-0.15, -0.1) is 0 Å². The van der Waals surface area contributed by atoms with E-state index >= 15 is 0 Å². The molecule has 0 radical (unpaired) electrons. The highest BCUT2D eigenvalue weighted by Gasteiger charge is 2.10. The Morgan fingerprint density at radius 1 is 1.13 bits per heavy atom. The number of nitro groups is 1. The van der Waals surface area contributed by atoms with Gasteiger partial charge in [-0.2, -0.15) is 0 Å². The molecule has 6 heteroatoms. The minimum atomic E-state index is -0.455. The predicted octanol–water partition coefficient (Wildman–Crippen LogP) is 3.97. The van der Waals surface area contributed by atoms with Crippen molar-refractivity contribution >= 4 is 34.6 Å². The first-order valence-electron chi connectivity index (χ1n) is 7.03. The monoisotopic (exact) mass is 309 g/mol. The Morgan fingerprint density at radius 2 is 1.87 bits per heavy atom. The van der Waals surface area contributed by atoms with Gasteiger partial charge in [0, 0.05) is 31.9 Å². The molecule has 0 saturated heterocycles. The molecular weight excluding hydrogens is 294 g/mol. The number of aromatic nitrogens is 1. The molecule has 3 rings (SSSR count). The summed E-state index contributed by atoms with van der Waals surface area (Å²) in [6.07, 6.45) is 3.63. The largest absolute Gasteiger partial charge is 0.436 e. The number of rotatable bonds is 4. The van der Waals surface area contributed by atoms with E-state index in [1.54, 1.807) is 12.1 Å². The molecule has 0 spiro atoms. The van der Waals surface area contributed by atoms with Gasteiger partial charge in [-0.1, -0.05) is 12.1 Å². The van der Waals surface area contributed by atoms with Crippen LogP contribution in [0.1, 0.15) is 11.5 Å². The summed E-state index contributed by atoms with van der Waals surface area (Å²) in [5.41, 5.74) is 3.13. The van der Waals surface area contributed by atoms with Crippen molar-refractivity contribution < 1.29 is 9.34 Å². The van der Waals surface area contributed by atoms with Gasteiger partial charge in [-0.3, -0.25) is 10.1 Å². The van der Waals surface area contributed by atoms with Gasteiger partial charge < -0.3 is 9.32 Å². The lowest BCUT2D eigenvalue weighted by Gasteiger charge is -2.11. The van der Waals surface area contributed by atoms with Crippen LogP contribution in [0, 0.1) is 10.1 Å². The minimum absolute atomic E-state index is 0.0107. The second-order valence-electron chi connectivity index (χ2n) is 5.28. The fourth-order valence-electron chi connectivity index (χ4n) is 2.17. The Kier molecular flexibility index (Phi) is 3.80. The van der Waals surface area contributed by atoms with Crippen LogP contribution in [0.4, 0.5) is 11.4 Å². The summed E-state index contributed by atoms with van der Waals surface area (Å²) in [6, 6.07) is 12.4. The number of non-ortho nitro benzene ring substituents is 1. The summed E-state index contributed by atoms with van der Waals surface area (Å²) >= 11 is 0. The zero-order chi connectivity index (χ0) is 16.4. The molecule has 0 aliphatic rings. The molecule has 1 heterocycles. The molecule has 0 amide bonds. The minimum Gasteiger partial charge on any atom is -0.436 e. The normalized spacial score (nSPS) is 11.2. The molecular formula is C17H15N3O3. The molecule has 0 bridgehead atoms. The Morgan fingerprint density at radius 3 is 2.52 bits per heavy atom. The third kappa shape index (κ3) is 3.21. The van der Waals surface area contributed by atoms with Crippen LogP contribution in [0.3, 0.4) is 0 Å². The van der Waals surface area contributed by atoms with Gasteiger partial charge in [0.1, 0.15) is 5.52 Å². The Hall–Kier alpha value is -3.15. The summed E-state index contributed by atoms with van der Waals surface area (Å²) in [5, 5.41) is 10.8. The van der Waals surface area contributed by atoms with Gasteiger partial charge in [0.25, 0.3) is 5.69 Å². The van der Waals surface area contributed by atoms with Crippen molar-refractivity contribution in [2.24, 2.45) is 0 Å². The third-order valence-electron chi connectivity index (χ3n) is 3.43. The van der Waals surface area contributed by atoms with Crippen molar-refractivity contribution in [3.8, 4) is 0 Å². The maximum absolute atomic E-state index is 10.8.